The summed E-state index contributed by atoms with van der Waals surface area (Å²) in [4.78, 5) is 10.8. The summed E-state index contributed by atoms with van der Waals surface area (Å²) in [5, 5.41) is 28.2. The van der Waals surface area contributed by atoms with Crippen molar-refractivity contribution in [1.82, 2.24) is 0 Å². The van der Waals surface area contributed by atoms with Gasteiger partial charge in [0.25, 0.3) is 0 Å². The average molecular weight is 288 g/mol. The molecule has 0 bridgehead atoms. The highest BCUT2D eigenvalue weighted by Gasteiger charge is 2.17. The van der Waals surface area contributed by atoms with Crippen LogP contribution in [-0.4, -0.2) is 27.3 Å². The van der Waals surface area contributed by atoms with Gasteiger partial charge in [-0.15, -0.1) is 0 Å². The van der Waals surface area contributed by atoms with Crippen LogP contribution in [0.5, 0.6) is 11.5 Å². The molecule has 0 saturated carbocycles. The summed E-state index contributed by atoms with van der Waals surface area (Å²) in [6.07, 6.45) is 0.0620. The molecular formula is C15H16N2O4. The Balaban J connectivity index is 2.46. The van der Waals surface area contributed by atoms with Gasteiger partial charge in [0.1, 0.15) is 17.5 Å². The second-order valence-electron chi connectivity index (χ2n) is 4.73. The zero-order valence-corrected chi connectivity index (χ0v) is 11.2. The number of hydrogen-bond acceptors (Lipinski definition) is 5. The van der Waals surface area contributed by atoms with Crippen LogP contribution in [0.2, 0.25) is 0 Å². The number of benzene rings is 2. The summed E-state index contributed by atoms with van der Waals surface area (Å²) in [5.74, 6) is -1.04. The van der Waals surface area contributed by atoms with Crippen LogP contribution in [0.4, 0.5) is 5.69 Å². The smallest absolute Gasteiger partial charge is 0.320 e. The van der Waals surface area contributed by atoms with E-state index in [1.807, 2.05) is 0 Å². The SMILES string of the molecule is Nc1c(C[C@H](N)C(=O)O)ccc(O)c1-c1ccc(O)cc1. The van der Waals surface area contributed by atoms with E-state index in [0.29, 0.717) is 16.7 Å². The molecule has 0 saturated heterocycles. The maximum Gasteiger partial charge on any atom is 0.320 e. The summed E-state index contributed by atoms with van der Waals surface area (Å²) < 4.78 is 0. The lowest BCUT2D eigenvalue weighted by molar-refractivity contribution is -0.138. The molecule has 6 nitrogen and oxygen atoms in total. The molecule has 0 amide bonds. The molecule has 0 spiro atoms. The minimum Gasteiger partial charge on any atom is -0.508 e. The van der Waals surface area contributed by atoms with Crippen molar-refractivity contribution in [2.24, 2.45) is 5.73 Å². The Morgan fingerprint density at radius 3 is 2.29 bits per heavy atom. The maximum atomic E-state index is 10.8. The molecule has 21 heavy (non-hydrogen) atoms. The Bertz CT molecular complexity index is 668. The zero-order chi connectivity index (χ0) is 15.6. The molecule has 0 aliphatic carbocycles. The Morgan fingerprint density at radius 2 is 1.71 bits per heavy atom. The number of anilines is 1. The van der Waals surface area contributed by atoms with Gasteiger partial charge in [-0.1, -0.05) is 18.2 Å². The van der Waals surface area contributed by atoms with E-state index in [4.69, 9.17) is 16.6 Å². The molecule has 0 unspecified atom stereocenters. The summed E-state index contributed by atoms with van der Waals surface area (Å²) in [6, 6.07) is 8.11. The predicted molar refractivity (Wildman–Crippen MR) is 78.9 cm³/mol. The van der Waals surface area contributed by atoms with Crippen LogP contribution in [0.15, 0.2) is 36.4 Å². The third kappa shape index (κ3) is 3.06. The van der Waals surface area contributed by atoms with Gasteiger partial charge in [-0.2, -0.15) is 0 Å². The van der Waals surface area contributed by atoms with Gasteiger partial charge >= 0.3 is 5.97 Å². The quantitative estimate of drug-likeness (QED) is 0.539. The molecule has 0 heterocycles. The molecular weight excluding hydrogens is 272 g/mol. The van der Waals surface area contributed by atoms with Crippen molar-refractivity contribution in [3.05, 3.63) is 42.0 Å². The van der Waals surface area contributed by atoms with Crippen molar-refractivity contribution in [2.75, 3.05) is 5.73 Å². The number of aromatic hydroxyl groups is 2. The van der Waals surface area contributed by atoms with Crippen molar-refractivity contribution >= 4 is 11.7 Å². The normalized spacial score (nSPS) is 12.0. The number of carbonyl (C=O) groups is 1. The van der Waals surface area contributed by atoms with Gasteiger partial charge in [0, 0.05) is 17.7 Å². The van der Waals surface area contributed by atoms with Gasteiger partial charge in [0.2, 0.25) is 0 Å². The van der Waals surface area contributed by atoms with E-state index in [1.54, 1.807) is 18.2 Å². The number of carboxylic acid groups (broad SMARTS) is 1. The Labute approximate surface area is 121 Å². The van der Waals surface area contributed by atoms with Gasteiger partial charge in [-0.25, -0.2) is 0 Å². The van der Waals surface area contributed by atoms with E-state index in [2.05, 4.69) is 0 Å². The van der Waals surface area contributed by atoms with Crippen LogP contribution < -0.4 is 11.5 Å². The number of phenols is 2. The number of nitrogen functional groups attached to an aromatic ring is 1. The highest BCUT2D eigenvalue weighted by atomic mass is 16.4. The lowest BCUT2D eigenvalue weighted by atomic mass is 9.96. The zero-order valence-electron chi connectivity index (χ0n) is 11.2. The van der Waals surface area contributed by atoms with E-state index >= 15 is 0 Å². The first-order valence-corrected chi connectivity index (χ1v) is 6.28. The first-order chi connectivity index (χ1) is 9.90. The van der Waals surface area contributed by atoms with E-state index in [0.717, 1.165) is 0 Å². The van der Waals surface area contributed by atoms with Crippen LogP contribution >= 0.6 is 0 Å². The fourth-order valence-corrected chi connectivity index (χ4v) is 2.08. The van der Waals surface area contributed by atoms with E-state index in [9.17, 15) is 15.0 Å². The van der Waals surface area contributed by atoms with Crippen molar-refractivity contribution in [1.29, 1.82) is 0 Å². The highest BCUT2D eigenvalue weighted by Crippen LogP contribution is 2.37. The topological polar surface area (TPSA) is 130 Å². The second-order valence-corrected chi connectivity index (χ2v) is 4.73. The highest BCUT2D eigenvalue weighted by molar-refractivity contribution is 5.84. The summed E-state index contributed by atoms with van der Waals surface area (Å²) in [7, 11) is 0. The minimum atomic E-state index is -1.12. The van der Waals surface area contributed by atoms with Crippen molar-refractivity contribution in [3.63, 3.8) is 0 Å². The van der Waals surface area contributed by atoms with Gasteiger partial charge in [0.05, 0.1) is 0 Å². The van der Waals surface area contributed by atoms with Gasteiger partial charge in [-0.3, -0.25) is 4.79 Å². The standard InChI is InChI=1S/C15H16N2O4/c16-11(15(20)21)7-9-3-6-12(19)13(14(9)17)8-1-4-10(18)5-2-8/h1-6,11,18-19H,7,16-17H2,(H,20,21)/t11-/m0/s1. The molecule has 0 fully saturated rings. The third-order valence-electron chi connectivity index (χ3n) is 3.23. The number of aliphatic carboxylic acids is 1. The molecule has 2 rings (SSSR count). The predicted octanol–water partition coefficient (Wildman–Crippen LogP) is 1.30. The van der Waals surface area contributed by atoms with E-state index in [1.165, 1.54) is 18.2 Å². The molecule has 2 aromatic rings. The first-order valence-electron chi connectivity index (χ1n) is 6.28. The molecule has 110 valence electrons. The number of phenolic OH excluding ortho intramolecular Hbond substituents is 2. The van der Waals surface area contributed by atoms with E-state index in [-0.39, 0.29) is 23.6 Å². The molecule has 0 aliphatic rings. The number of rotatable bonds is 4. The van der Waals surface area contributed by atoms with Crippen LogP contribution in [-0.2, 0) is 11.2 Å². The Hall–Kier alpha value is -2.73. The molecule has 0 aliphatic heterocycles. The number of nitrogens with two attached hydrogens (primary N) is 2. The second kappa shape index (κ2) is 5.72. The molecule has 7 N–H and O–H groups in total. The lowest BCUT2D eigenvalue weighted by Crippen LogP contribution is -2.32. The summed E-state index contributed by atoms with van der Waals surface area (Å²) in [5.41, 5.74) is 13.4. The van der Waals surface area contributed by atoms with Crippen molar-refractivity contribution < 1.29 is 20.1 Å². The van der Waals surface area contributed by atoms with Crippen LogP contribution in [0, 0.1) is 0 Å². The third-order valence-corrected chi connectivity index (χ3v) is 3.23. The van der Waals surface area contributed by atoms with Crippen molar-refractivity contribution in [2.45, 2.75) is 12.5 Å². The van der Waals surface area contributed by atoms with Crippen LogP contribution in [0.1, 0.15) is 5.56 Å². The van der Waals surface area contributed by atoms with Crippen molar-refractivity contribution in [3.8, 4) is 22.6 Å². The first kappa shape index (κ1) is 14.7. The largest absolute Gasteiger partial charge is 0.508 e. The lowest BCUT2D eigenvalue weighted by Gasteiger charge is -2.15. The van der Waals surface area contributed by atoms with Gasteiger partial charge < -0.3 is 26.8 Å². The fourth-order valence-electron chi connectivity index (χ4n) is 2.08. The minimum absolute atomic E-state index is 0.0224. The maximum absolute atomic E-state index is 10.8. The Morgan fingerprint density at radius 1 is 1.10 bits per heavy atom. The molecule has 0 aromatic heterocycles. The van der Waals surface area contributed by atoms with Crippen LogP contribution in [0.25, 0.3) is 11.1 Å². The molecule has 0 radical (unpaired) electrons. The fraction of sp³-hybridized carbons (Fsp3) is 0.133. The summed E-state index contributed by atoms with van der Waals surface area (Å²) >= 11 is 0. The molecule has 1 atom stereocenters. The van der Waals surface area contributed by atoms with Crippen LogP contribution in [0.3, 0.4) is 0 Å². The summed E-state index contributed by atoms with van der Waals surface area (Å²) in [6.45, 7) is 0. The van der Waals surface area contributed by atoms with Gasteiger partial charge in [-0.05, 0) is 29.3 Å². The van der Waals surface area contributed by atoms with E-state index < -0.39 is 12.0 Å². The number of carboxylic acids is 1. The molecule has 2 aromatic carbocycles. The monoisotopic (exact) mass is 288 g/mol. The molecule has 6 heteroatoms. The average Bonchev–Trinajstić information content (AvgIpc) is 2.44. The number of hydrogen-bond donors (Lipinski definition) is 5. The Kier molecular flexibility index (Phi) is 4.00. The van der Waals surface area contributed by atoms with Gasteiger partial charge in [0.15, 0.2) is 0 Å².